The third-order valence-corrected chi connectivity index (χ3v) is 4.33. The van der Waals surface area contributed by atoms with Gasteiger partial charge in [-0.05, 0) is 49.2 Å². The third kappa shape index (κ3) is 5.14. The number of aromatic nitrogens is 2. The van der Waals surface area contributed by atoms with Crippen molar-refractivity contribution in [2.45, 2.75) is 33.0 Å². The minimum Gasteiger partial charge on any atom is -0.365 e. The average molecular weight is 360 g/mol. The van der Waals surface area contributed by atoms with Crippen LogP contribution in [0.3, 0.4) is 0 Å². The molecule has 2 heterocycles. The first-order valence-electron chi connectivity index (χ1n) is 9.07. The molecule has 0 saturated heterocycles. The number of benzene rings is 1. The van der Waals surface area contributed by atoms with Crippen LogP contribution in [0.4, 0.5) is 5.69 Å². The summed E-state index contributed by atoms with van der Waals surface area (Å²) >= 11 is 0. The maximum Gasteiger partial charge on any atom is 0.270 e. The molecular weight excluding hydrogens is 336 g/mol. The Morgan fingerprint density at radius 3 is 2.44 bits per heavy atom. The molecule has 1 amide bonds. The Kier molecular flexibility index (Phi) is 6.15. The van der Waals surface area contributed by atoms with Crippen molar-refractivity contribution in [3.05, 3.63) is 90.0 Å². The van der Waals surface area contributed by atoms with Gasteiger partial charge in [0.1, 0.15) is 5.69 Å². The quantitative estimate of drug-likeness (QED) is 0.696. The molecule has 0 unspecified atom stereocenters. The zero-order chi connectivity index (χ0) is 19.1. The second kappa shape index (κ2) is 8.94. The van der Waals surface area contributed by atoms with Gasteiger partial charge in [0, 0.05) is 43.4 Å². The smallest absolute Gasteiger partial charge is 0.270 e. The molecule has 0 aliphatic heterocycles. The van der Waals surface area contributed by atoms with Crippen molar-refractivity contribution in [1.82, 2.24) is 15.3 Å². The molecular formula is C22H24N4O. The number of carbonyl (C=O) groups excluding carboxylic acids is 1. The van der Waals surface area contributed by atoms with Crippen LogP contribution < -0.4 is 10.2 Å². The lowest BCUT2D eigenvalue weighted by atomic mass is 10.1. The van der Waals surface area contributed by atoms with Crippen molar-refractivity contribution in [3.8, 4) is 0 Å². The van der Waals surface area contributed by atoms with Crippen molar-refractivity contribution < 1.29 is 4.79 Å². The maximum atomic E-state index is 12.5. The van der Waals surface area contributed by atoms with E-state index in [1.54, 1.807) is 18.6 Å². The molecule has 138 valence electrons. The summed E-state index contributed by atoms with van der Waals surface area (Å²) in [7, 11) is 0. The van der Waals surface area contributed by atoms with Crippen LogP contribution in [0.25, 0.3) is 0 Å². The van der Waals surface area contributed by atoms with Crippen molar-refractivity contribution in [2.75, 3.05) is 4.90 Å². The van der Waals surface area contributed by atoms with Gasteiger partial charge in [-0.3, -0.25) is 14.8 Å². The number of hydrogen-bond donors (Lipinski definition) is 1. The van der Waals surface area contributed by atoms with Crippen LogP contribution in [0.15, 0.2) is 73.2 Å². The van der Waals surface area contributed by atoms with E-state index in [9.17, 15) is 4.79 Å². The monoisotopic (exact) mass is 360 g/mol. The molecule has 0 spiro atoms. The lowest BCUT2D eigenvalue weighted by Gasteiger charge is -2.29. The van der Waals surface area contributed by atoms with Crippen LogP contribution >= 0.6 is 0 Å². The Hall–Kier alpha value is -3.21. The van der Waals surface area contributed by atoms with E-state index in [0.29, 0.717) is 18.3 Å². The van der Waals surface area contributed by atoms with Crippen LogP contribution in [0.5, 0.6) is 0 Å². The van der Waals surface area contributed by atoms with Gasteiger partial charge in [0.05, 0.1) is 0 Å². The summed E-state index contributed by atoms with van der Waals surface area (Å²) in [6.07, 6.45) is 5.12. The van der Waals surface area contributed by atoms with Crippen LogP contribution in [0.2, 0.25) is 0 Å². The molecule has 0 radical (unpaired) electrons. The lowest BCUT2D eigenvalue weighted by Crippen LogP contribution is -2.31. The lowest BCUT2D eigenvalue weighted by molar-refractivity contribution is 0.0946. The number of carbonyl (C=O) groups is 1. The molecule has 0 atom stereocenters. The molecule has 5 heteroatoms. The second-order valence-corrected chi connectivity index (χ2v) is 6.64. The molecule has 0 bridgehead atoms. The van der Waals surface area contributed by atoms with Crippen LogP contribution in [0.1, 0.15) is 35.5 Å². The van der Waals surface area contributed by atoms with Crippen molar-refractivity contribution in [2.24, 2.45) is 0 Å². The van der Waals surface area contributed by atoms with Crippen molar-refractivity contribution in [1.29, 1.82) is 0 Å². The Balaban J connectivity index is 1.73. The summed E-state index contributed by atoms with van der Waals surface area (Å²) in [6.45, 7) is 5.52. The zero-order valence-corrected chi connectivity index (χ0v) is 15.7. The van der Waals surface area contributed by atoms with Gasteiger partial charge in [0.15, 0.2) is 0 Å². The molecule has 1 N–H and O–H groups in total. The summed E-state index contributed by atoms with van der Waals surface area (Å²) in [4.78, 5) is 23.0. The summed E-state index contributed by atoms with van der Waals surface area (Å²) in [5, 5.41) is 2.91. The number of anilines is 1. The van der Waals surface area contributed by atoms with Crippen molar-refractivity contribution in [3.63, 3.8) is 0 Å². The van der Waals surface area contributed by atoms with E-state index in [4.69, 9.17) is 0 Å². The minimum atomic E-state index is -0.183. The van der Waals surface area contributed by atoms with E-state index in [-0.39, 0.29) is 5.91 Å². The first-order chi connectivity index (χ1) is 13.1. The van der Waals surface area contributed by atoms with E-state index >= 15 is 0 Å². The van der Waals surface area contributed by atoms with Crippen LogP contribution in [-0.2, 0) is 13.1 Å². The number of nitrogens with zero attached hydrogens (tertiary/aromatic N) is 3. The Labute approximate surface area is 160 Å². The molecule has 0 saturated carbocycles. The highest BCUT2D eigenvalue weighted by Gasteiger charge is 2.14. The van der Waals surface area contributed by atoms with Gasteiger partial charge >= 0.3 is 0 Å². The first-order valence-corrected chi connectivity index (χ1v) is 9.07. The molecule has 0 aliphatic carbocycles. The summed E-state index contributed by atoms with van der Waals surface area (Å²) < 4.78 is 0. The first kappa shape index (κ1) is 18.6. The fourth-order valence-electron chi connectivity index (χ4n) is 2.85. The zero-order valence-electron chi connectivity index (χ0n) is 15.7. The van der Waals surface area contributed by atoms with Crippen molar-refractivity contribution >= 4 is 11.6 Å². The van der Waals surface area contributed by atoms with E-state index in [1.165, 1.54) is 5.56 Å². The van der Waals surface area contributed by atoms with Crippen LogP contribution in [-0.4, -0.2) is 21.9 Å². The normalized spacial score (nSPS) is 10.6. The summed E-state index contributed by atoms with van der Waals surface area (Å²) in [6, 6.07) is 18.2. The standard InChI is InChI=1S/C22H24N4O/c1-17(2)26(16-19-6-4-3-5-7-19)20-10-13-24-21(14-20)22(27)25-15-18-8-11-23-12-9-18/h3-14,17H,15-16H2,1-2H3,(H,25,27). The van der Waals surface area contributed by atoms with E-state index < -0.39 is 0 Å². The van der Waals surface area contributed by atoms with Crippen LogP contribution in [0, 0.1) is 0 Å². The SMILES string of the molecule is CC(C)N(Cc1ccccc1)c1ccnc(C(=O)NCc2ccncc2)c1. The minimum absolute atomic E-state index is 0.183. The fraction of sp³-hybridized carbons (Fsp3) is 0.227. The molecule has 5 nitrogen and oxygen atoms in total. The predicted octanol–water partition coefficient (Wildman–Crippen LogP) is 3.82. The molecule has 3 rings (SSSR count). The van der Waals surface area contributed by atoms with E-state index in [0.717, 1.165) is 17.8 Å². The van der Waals surface area contributed by atoms with Gasteiger partial charge in [0.25, 0.3) is 5.91 Å². The van der Waals surface area contributed by atoms with Gasteiger partial charge in [-0.2, -0.15) is 0 Å². The van der Waals surface area contributed by atoms with E-state index in [2.05, 4.69) is 46.2 Å². The Morgan fingerprint density at radius 1 is 1.00 bits per heavy atom. The molecule has 0 fully saturated rings. The predicted molar refractivity (Wildman–Crippen MR) is 107 cm³/mol. The van der Waals surface area contributed by atoms with Gasteiger partial charge in [-0.1, -0.05) is 30.3 Å². The second-order valence-electron chi connectivity index (χ2n) is 6.64. The molecule has 3 aromatic rings. The van der Waals surface area contributed by atoms with Gasteiger partial charge in [-0.15, -0.1) is 0 Å². The largest absolute Gasteiger partial charge is 0.365 e. The van der Waals surface area contributed by atoms with E-state index in [1.807, 2.05) is 42.5 Å². The summed E-state index contributed by atoms with van der Waals surface area (Å²) in [5.41, 5.74) is 3.63. The Morgan fingerprint density at radius 2 is 1.74 bits per heavy atom. The number of hydrogen-bond acceptors (Lipinski definition) is 4. The number of nitrogens with one attached hydrogen (secondary N) is 1. The highest BCUT2D eigenvalue weighted by atomic mass is 16.1. The molecule has 2 aromatic heterocycles. The number of pyridine rings is 2. The Bertz CT molecular complexity index is 866. The highest BCUT2D eigenvalue weighted by Crippen LogP contribution is 2.20. The molecule has 0 aliphatic rings. The molecule has 1 aromatic carbocycles. The average Bonchev–Trinajstić information content (AvgIpc) is 2.71. The van der Waals surface area contributed by atoms with Gasteiger partial charge < -0.3 is 10.2 Å². The summed E-state index contributed by atoms with van der Waals surface area (Å²) in [5.74, 6) is -0.183. The topological polar surface area (TPSA) is 58.1 Å². The molecule has 27 heavy (non-hydrogen) atoms. The highest BCUT2D eigenvalue weighted by molar-refractivity contribution is 5.93. The number of rotatable bonds is 7. The third-order valence-electron chi connectivity index (χ3n) is 4.33. The maximum absolute atomic E-state index is 12.5. The van der Waals surface area contributed by atoms with Gasteiger partial charge in [0.2, 0.25) is 0 Å². The van der Waals surface area contributed by atoms with Gasteiger partial charge in [-0.25, -0.2) is 0 Å². The number of amides is 1. The fourth-order valence-corrected chi connectivity index (χ4v) is 2.85.